The summed E-state index contributed by atoms with van der Waals surface area (Å²) in [6.07, 6.45) is 32.7. The van der Waals surface area contributed by atoms with Gasteiger partial charge in [0.1, 0.15) is 0 Å². The van der Waals surface area contributed by atoms with Gasteiger partial charge in [-0.1, -0.05) is 139 Å². The van der Waals surface area contributed by atoms with Crippen molar-refractivity contribution in [3.63, 3.8) is 0 Å². The standard InChI is InChI=1S/C39H54O2/c1-28(16-12-18-30(3)20-22-37-32(5)24-35(40)25-33(37)6)14-10-11-15-29(2)17-13-19-31(4)21-23-38-34(7)26-36(41)27-39(38,8)9/h10-23,32,35-36,40-41H,24-27H2,1-9H3/b11-10+,16-12+,17-13+,22-20+,23-21+,28-14+,29-15+,30-18+,31-19+/t32-,35+,36-/m1/s1. The second-order valence-electron chi connectivity index (χ2n) is 12.8. The van der Waals surface area contributed by atoms with Crippen LogP contribution < -0.4 is 0 Å². The summed E-state index contributed by atoms with van der Waals surface area (Å²) in [6.45, 7) is 19.4. The summed E-state index contributed by atoms with van der Waals surface area (Å²) in [4.78, 5) is 0. The molecule has 0 heterocycles. The van der Waals surface area contributed by atoms with E-state index in [0.29, 0.717) is 5.92 Å². The first-order valence-electron chi connectivity index (χ1n) is 15.1. The van der Waals surface area contributed by atoms with Gasteiger partial charge in [0.05, 0.1) is 12.2 Å². The highest BCUT2D eigenvalue weighted by Gasteiger charge is 2.31. The Morgan fingerprint density at radius 1 is 0.659 bits per heavy atom. The van der Waals surface area contributed by atoms with Gasteiger partial charge in [-0.25, -0.2) is 0 Å². The van der Waals surface area contributed by atoms with Gasteiger partial charge in [0.25, 0.3) is 0 Å². The van der Waals surface area contributed by atoms with Gasteiger partial charge in [0, 0.05) is 0 Å². The summed E-state index contributed by atoms with van der Waals surface area (Å²) >= 11 is 0. The summed E-state index contributed by atoms with van der Waals surface area (Å²) in [5.41, 5.74) is 10.1. The Balaban J connectivity index is 1.88. The maximum atomic E-state index is 10.1. The molecule has 0 unspecified atom stereocenters. The fraction of sp³-hybridized carbons (Fsp3) is 0.436. The van der Waals surface area contributed by atoms with E-state index in [-0.39, 0.29) is 17.6 Å². The third kappa shape index (κ3) is 12.2. The van der Waals surface area contributed by atoms with Crippen LogP contribution in [0.25, 0.3) is 0 Å². The smallest absolute Gasteiger partial charge is 0.0585 e. The van der Waals surface area contributed by atoms with E-state index < -0.39 is 0 Å². The molecule has 0 aromatic heterocycles. The Morgan fingerprint density at radius 3 is 1.63 bits per heavy atom. The van der Waals surface area contributed by atoms with Gasteiger partial charge < -0.3 is 10.2 Å². The Hall–Kier alpha value is -2.94. The molecule has 0 saturated heterocycles. The van der Waals surface area contributed by atoms with Crippen LogP contribution in [0, 0.1) is 11.3 Å². The van der Waals surface area contributed by atoms with E-state index in [1.165, 1.54) is 44.6 Å². The minimum Gasteiger partial charge on any atom is -0.393 e. The van der Waals surface area contributed by atoms with Gasteiger partial charge in [-0.2, -0.15) is 0 Å². The number of rotatable bonds is 10. The van der Waals surface area contributed by atoms with Crippen molar-refractivity contribution in [2.24, 2.45) is 11.3 Å². The van der Waals surface area contributed by atoms with Crippen LogP contribution in [0.2, 0.25) is 0 Å². The van der Waals surface area contributed by atoms with Crippen LogP contribution in [-0.4, -0.2) is 22.4 Å². The van der Waals surface area contributed by atoms with Crippen molar-refractivity contribution in [3.05, 3.63) is 130 Å². The third-order valence-corrected chi connectivity index (χ3v) is 7.97. The lowest BCUT2D eigenvalue weighted by Gasteiger charge is -2.35. The minimum atomic E-state index is -0.226. The van der Waals surface area contributed by atoms with Gasteiger partial charge in [-0.05, 0) is 89.7 Å². The Morgan fingerprint density at radius 2 is 1.12 bits per heavy atom. The van der Waals surface area contributed by atoms with Crippen molar-refractivity contribution in [2.45, 2.75) is 100 Å². The lowest BCUT2D eigenvalue weighted by atomic mass is 9.71. The van der Waals surface area contributed by atoms with E-state index in [4.69, 9.17) is 0 Å². The molecule has 0 bridgehead atoms. The van der Waals surface area contributed by atoms with Crippen molar-refractivity contribution < 1.29 is 10.2 Å². The van der Waals surface area contributed by atoms with Gasteiger partial charge in [-0.15, -0.1) is 0 Å². The number of allylic oxidation sites excluding steroid dienone is 20. The van der Waals surface area contributed by atoms with E-state index >= 15 is 0 Å². The average Bonchev–Trinajstić information content (AvgIpc) is 2.84. The van der Waals surface area contributed by atoms with Crippen molar-refractivity contribution >= 4 is 0 Å². The zero-order valence-corrected chi connectivity index (χ0v) is 27.0. The van der Waals surface area contributed by atoms with E-state index in [9.17, 15) is 10.2 Å². The number of hydrogen-bond donors (Lipinski definition) is 2. The monoisotopic (exact) mass is 554 g/mol. The topological polar surface area (TPSA) is 40.5 Å². The van der Waals surface area contributed by atoms with Gasteiger partial charge >= 0.3 is 0 Å². The maximum absolute atomic E-state index is 10.1. The first-order valence-corrected chi connectivity index (χ1v) is 15.1. The fourth-order valence-corrected chi connectivity index (χ4v) is 5.77. The molecule has 3 atom stereocenters. The summed E-state index contributed by atoms with van der Waals surface area (Å²) in [6, 6.07) is 0. The third-order valence-electron chi connectivity index (χ3n) is 7.97. The SMILES string of the molecule is CC1=C(/C=C/C(C)=C/C=C/C(C)=C/C=C/C=C(C)/C=C/C=C(C)/C=C/C2=C(C)C[C@@H](O)CC2(C)C)[C@H](C)C[C@H](O)C1. The molecule has 0 radical (unpaired) electrons. The molecule has 222 valence electrons. The number of aliphatic hydroxyl groups excluding tert-OH is 2. The Bertz CT molecular complexity index is 1240. The molecule has 2 aliphatic carbocycles. The quantitative estimate of drug-likeness (QED) is 0.264. The van der Waals surface area contributed by atoms with Crippen LogP contribution in [0.4, 0.5) is 0 Å². The molecule has 0 spiro atoms. The molecule has 41 heavy (non-hydrogen) atoms. The van der Waals surface area contributed by atoms with Crippen LogP contribution >= 0.6 is 0 Å². The first kappa shape index (κ1) is 34.3. The lowest BCUT2D eigenvalue weighted by Crippen LogP contribution is -2.28. The number of hydrogen-bond acceptors (Lipinski definition) is 2. The summed E-state index contributed by atoms with van der Waals surface area (Å²) in [5.74, 6) is 0.407. The van der Waals surface area contributed by atoms with E-state index in [1.807, 2.05) is 0 Å². The molecule has 0 saturated carbocycles. The predicted molar refractivity (Wildman–Crippen MR) is 180 cm³/mol. The normalized spacial score (nSPS) is 25.9. The van der Waals surface area contributed by atoms with Crippen LogP contribution in [0.1, 0.15) is 88.0 Å². The second kappa shape index (κ2) is 16.5. The molecule has 2 heteroatoms. The summed E-state index contributed by atoms with van der Waals surface area (Å²) < 4.78 is 0. The molecule has 2 rings (SSSR count). The highest BCUT2D eigenvalue weighted by molar-refractivity contribution is 5.38. The fourth-order valence-electron chi connectivity index (χ4n) is 5.77. The van der Waals surface area contributed by atoms with E-state index in [1.54, 1.807) is 0 Å². The van der Waals surface area contributed by atoms with Crippen molar-refractivity contribution in [3.8, 4) is 0 Å². The van der Waals surface area contributed by atoms with Crippen molar-refractivity contribution in [1.29, 1.82) is 0 Å². The molecule has 0 aromatic rings. The molecule has 0 fully saturated rings. The van der Waals surface area contributed by atoms with Gasteiger partial charge in [0.2, 0.25) is 0 Å². The summed E-state index contributed by atoms with van der Waals surface area (Å²) in [5, 5.41) is 20.0. The highest BCUT2D eigenvalue weighted by atomic mass is 16.3. The largest absolute Gasteiger partial charge is 0.393 e. The highest BCUT2D eigenvalue weighted by Crippen LogP contribution is 2.41. The van der Waals surface area contributed by atoms with Crippen molar-refractivity contribution in [1.82, 2.24) is 0 Å². The average molecular weight is 555 g/mol. The molecular weight excluding hydrogens is 500 g/mol. The minimum absolute atomic E-state index is 0.00671. The lowest BCUT2D eigenvalue weighted by molar-refractivity contribution is 0.116. The van der Waals surface area contributed by atoms with Crippen LogP contribution in [0.3, 0.4) is 0 Å². The molecule has 0 aromatic carbocycles. The molecule has 0 amide bonds. The van der Waals surface area contributed by atoms with Crippen LogP contribution in [0.15, 0.2) is 130 Å². The zero-order chi connectivity index (χ0) is 30.6. The Kier molecular flexibility index (Phi) is 13.8. The van der Waals surface area contributed by atoms with Crippen molar-refractivity contribution in [2.75, 3.05) is 0 Å². The predicted octanol–water partition coefficient (Wildman–Crippen LogP) is 10.2. The molecule has 2 N–H and O–H groups in total. The molecule has 0 aliphatic heterocycles. The van der Waals surface area contributed by atoms with Crippen LogP contribution in [-0.2, 0) is 0 Å². The Labute approximate surface area is 251 Å². The molecule has 2 aliphatic rings. The van der Waals surface area contributed by atoms with Crippen LogP contribution in [0.5, 0.6) is 0 Å². The number of aliphatic hydroxyl groups is 2. The van der Waals surface area contributed by atoms with Gasteiger partial charge in [0.15, 0.2) is 0 Å². The zero-order valence-electron chi connectivity index (χ0n) is 27.0. The molecule has 2 nitrogen and oxygen atoms in total. The van der Waals surface area contributed by atoms with E-state index in [2.05, 4.69) is 147 Å². The van der Waals surface area contributed by atoms with Gasteiger partial charge in [-0.3, -0.25) is 0 Å². The molecular formula is C39H54O2. The summed E-state index contributed by atoms with van der Waals surface area (Å²) in [7, 11) is 0. The first-order chi connectivity index (χ1) is 19.3. The van der Waals surface area contributed by atoms with E-state index in [0.717, 1.165) is 25.7 Å². The maximum Gasteiger partial charge on any atom is 0.0585 e. The second-order valence-corrected chi connectivity index (χ2v) is 12.8.